The lowest BCUT2D eigenvalue weighted by Gasteiger charge is -2.23. The zero-order chi connectivity index (χ0) is 13.7. The molecule has 0 spiro atoms. The molecular weight excluding hydrogens is 260 g/mol. The van der Waals surface area contributed by atoms with Gasteiger partial charge in [-0.1, -0.05) is 11.6 Å². The molecule has 1 aromatic rings. The quantitative estimate of drug-likeness (QED) is 0.490. The third-order valence-corrected chi connectivity index (χ3v) is 2.75. The average molecular weight is 275 g/mol. The van der Waals surface area contributed by atoms with Crippen LogP contribution in [0.15, 0.2) is 18.2 Å². The predicted molar refractivity (Wildman–Crippen MR) is 69.0 cm³/mol. The van der Waals surface area contributed by atoms with E-state index in [0.29, 0.717) is 10.7 Å². The summed E-state index contributed by atoms with van der Waals surface area (Å²) >= 11 is 5.97. The van der Waals surface area contributed by atoms with Gasteiger partial charge >= 0.3 is 0 Å². The Morgan fingerprint density at radius 3 is 2.50 bits per heavy atom. The van der Waals surface area contributed by atoms with Crippen molar-refractivity contribution < 1.29 is 14.4 Å². The Morgan fingerprint density at radius 1 is 1.39 bits per heavy atom. The molecule has 0 saturated heterocycles. The maximum Gasteiger partial charge on any atom is 0.271 e. The largest absolute Gasteiger partial charge is 0.376 e. The molecule has 6 nitrogen and oxygen atoms in total. The van der Waals surface area contributed by atoms with Crippen LogP contribution >= 0.6 is 11.6 Å². The van der Waals surface area contributed by atoms with E-state index in [1.165, 1.54) is 32.4 Å². The lowest BCUT2D eigenvalue weighted by Crippen LogP contribution is -2.33. The van der Waals surface area contributed by atoms with Crippen LogP contribution in [0.3, 0.4) is 0 Å². The molecule has 1 rings (SSSR count). The summed E-state index contributed by atoms with van der Waals surface area (Å²) < 4.78 is 10.2. The van der Waals surface area contributed by atoms with E-state index >= 15 is 0 Å². The van der Waals surface area contributed by atoms with Gasteiger partial charge in [-0.05, 0) is 13.0 Å². The van der Waals surface area contributed by atoms with Crippen LogP contribution in [-0.2, 0) is 9.47 Å². The van der Waals surface area contributed by atoms with E-state index in [4.69, 9.17) is 21.1 Å². The van der Waals surface area contributed by atoms with Crippen LogP contribution in [0.1, 0.15) is 6.92 Å². The molecule has 0 amide bonds. The minimum absolute atomic E-state index is 0.0273. The molecule has 0 bridgehead atoms. The summed E-state index contributed by atoms with van der Waals surface area (Å²) in [6.45, 7) is 1.83. The molecule has 7 heteroatoms. The van der Waals surface area contributed by atoms with Crippen LogP contribution in [0.5, 0.6) is 0 Å². The number of hydrogen-bond donors (Lipinski definition) is 1. The van der Waals surface area contributed by atoms with E-state index in [1.807, 2.05) is 6.92 Å². The average Bonchev–Trinajstić information content (AvgIpc) is 2.33. The van der Waals surface area contributed by atoms with Gasteiger partial charge in [-0.3, -0.25) is 10.1 Å². The topological polar surface area (TPSA) is 73.6 Å². The van der Waals surface area contributed by atoms with Crippen molar-refractivity contribution in [3.63, 3.8) is 0 Å². The molecule has 1 unspecified atom stereocenters. The highest BCUT2D eigenvalue weighted by atomic mass is 35.5. The first-order chi connectivity index (χ1) is 8.49. The molecule has 0 aliphatic heterocycles. The van der Waals surface area contributed by atoms with Crippen molar-refractivity contribution >= 4 is 23.0 Å². The van der Waals surface area contributed by atoms with E-state index in [2.05, 4.69) is 5.32 Å². The number of benzene rings is 1. The molecule has 0 aliphatic carbocycles. The van der Waals surface area contributed by atoms with Gasteiger partial charge < -0.3 is 14.8 Å². The fourth-order valence-electron chi connectivity index (χ4n) is 1.56. The Balaban J connectivity index is 2.89. The van der Waals surface area contributed by atoms with Gasteiger partial charge in [-0.2, -0.15) is 0 Å². The number of hydrogen-bond acceptors (Lipinski definition) is 5. The van der Waals surface area contributed by atoms with Crippen LogP contribution in [0.25, 0.3) is 0 Å². The van der Waals surface area contributed by atoms with E-state index < -0.39 is 11.2 Å². The number of non-ortho nitro benzene ring substituents is 1. The molecule has 0 aromatic heterocycles. The van der Waals surface area contributed by atoms with Gasteiger partial charge in [0.25, 0.3) is 5.69 Å². The molecule has 0 radical (unpaired) electrons. The maximum absolute atomic E-state index is 10.7. The SMILES string of the molecule is COC(OC)C(C)Nc1cc([N+](=O)[O-])ccc1Cl. The summed E-state index contributed by atoms with van der Waals surface area (Å²) in [6.07, 6.45) is -0.472. The van der Waals surface area contributed by atoms with Gasteiger partial charge in [0.2, 0.25) is 0 Å². The fourth-order valence-corrected chi connectivity index (χ4v) is 1.73. The molecule has 0 heterocycles. The number of rotatable bonds is 6. The van der Waals surface area contributed by atoms with Crippen LogP contribution in [0.4, 0.5) is 11.4 Å². The molecule has 0 saturated carbocycles. The fraction of sp³-hybridized carbons (Fsp3) is 0.455. The molecule has 18 heavy (non-hydrogen) atoms. The molecule has 0 fully saturated rings. The highest BCUT2D eigenvalue weighted by Gasteiger charge is 2.18. The molecule has 100 valence electrons. The van der Waals surface area contributed by atoms with Crippen LogP contribution in [-0.4, -0.2) is 31.5 Å². The summed E-state index contributed by atoms with van der Waals surface area (Å²) in [5.74, 6) is 0. The van der Waals surface area contributed by atoms with Gasteiger partial charge in [0.05, 0.1) is 21.7 Å². The van der Waals surface area contributed by atoms with Crippen LogP contribution in [0.2, 0.25) is 5.02 Å². The van der Waals surface area contributed by atoms with E-state index in [9.17, 15) is 10.1 Å². The van der Waals surface area contributed by atoms with Crippen molar-refractivity contribution in [2.75, 3.05) is 19.5 Å². The van der Waals surface area contributed by atoms with Gasteiger partial charge in [-0.25, -0.2) is 0 Å². The van der Waals surface area contributed by atoms with Crippen molar-refractivity contribution in [3.8, 4) is 0 Å². The first-order valence-corrected chi connectivity index (χ1v) is 5.63. The molecule has 1 N–H and O–H groups in total. The van der Waals surface area contributed by atoms with Gasteiger partial charge in [0.15, 0.2) is 6.29 Å². The van der Waals surface area contributed by atoms with E-state index in [-0.39, 0.29) is 11.7 Å². The zero-order valence-electron chi connectivity index (χ0n) is 10.3. The number of anilines is 1. The Hall–Kier alpha value is -1.37. The summed E-state index contributed by atoms with van der Waals surface area (Å²) in [7, 11) is 3.03. The Morgan fingerprint density at radius 2 is 2.00 bits per heavy atom. The first kappa shape index (κ1) is 14.7. The number of nitro groups is 1. The van der Waals surface area contributed by atoms with Crippen molar-refractivity contribution in [1.82, 2.24) is 0 Å². The third kappa shape index (κ3) is 3.56. The normalized spacial score (nSPS) is 12.5. The number of methoxy groups -OCH3 is 2. The van der Waals surface area contributed by atoms with Crippen LogP contribution < -0.4 is 5.32 Å². The van der Waals surface area contributed by atoms with Gasteiger partial charge in [-0.15, -0.1) is 0 Å². The number of ether oxygens (including phenoxy) is 2. The second-order valence-electron chi connectivity index (χ2n) is 3.69. The molecule has 1 aromatic carbocycles. The Labute approximate surface area is 110 Å². The number of nitrogens with one attached hydrogen (secondary N) is 1. The maximum atomic E-state index is 10.7. The third-order valence-electron chi connectivity index (χ3n) is 2.42. The van der Waals surface area contributed by atoms with Crippen LogP contribution in [0, 0.1) is 10.1 Å². The van der Waals surface area contributed by atoms with Crippen molar-refractivity contribution in [1.29, 1.82) is 0 Å². The standard InChI is InChI=1S/C11H15ClN2O4/c1-7(11(17-2)18-3)13-10-6-8(14(15)16)4-5-9(10)12/h4-7,11,13H,1-3H3. The van der Waals surface area contributed by atoms with Gasteiger partial charge in [0.1, 0.15) is 0 Å². The summed E-state index contributed by atoms with van der Waals surface area (Å²) in [4.78, 5) is 10.2. The lowest BCUT2D eigenvalue weighted by molar-refractivity contribution is -0.384. The summed E-state index contributed by atoms with van der Waals surface area (Å²) in [5.41, 5.74) is 0.443. The predicted octanol–water partition coefficient (Wildman–Crippen LogP) is 2.67. The van der Waals surface area contributed by atoms with Crippen molar-refractivity contribution in [2.24, 2.45) is 0 Å². The molecular formula is C11H15ClN2O4. The van der Waals surface area contributed by atoms with Crippen molar-refractivity contribution in [2.45, 2.75) is 19.3 Å². The lowest BCUT2D eigenvalue weighted by atomic mass is 10.2. The molecule has 1 atom stereocenters. The second-order valence-corrected chi connectivity index (χ2v) is 4.10. The molecule has 0 aliphatic rings. The first-order valence-electron chi connectivity index (χ1n) is 5.25. The monoisotopic (exact) mass is 274 g/mol. The van der Waals surface area contributed by atoms with Gasteiger partial charge in [0, 0.05) is 26.4 Å². The number of halogens is 1. The Kier molecular flexibility index (Phi) is 5.33. The minimum atomic E-state index is -0.476. The van der Waals surface area contributed by atoms with Crippen molar-refractivity contribution in [3.05, 3.63) is 33.3 Å². The number of nitrogens with zero attached hydrogens (tertiary/aromatic N) is 1. The smallest absolute Gasteiger partial charge is 0.271 e. The Bertz CT molecular complexity index is 424. The highest BCUT2D eigenvalue weighted by Crippen LogP contribution is 2.27. The second kappa shape index (κ2) is 6.53. The highest BCUT2D eigenvalue weighted by molar-refractivity contribution is 6.33. The summed E-state index contributed by atoms with van der Waals surface area (Å²) in [6, 6.07) is 3.99. The minimum Gasteiger partial charge on any atom is -0.376 e. The summed E-state index contributed by atoms with van der Waals surface area (Å²) in [5, 5.41) is 14.1. The zero-order valence-corrected chi connectivity index (χ0v) is 11.1. The number of nitro benzene ring substituents is 1. The van der Waals surface area contributed by atoms with E-state index in [1.54, 1.807) is 0 Å². The van der Waals surface area contributed by atoms with E-state index in [0.717, 1.165) is 0 Å².